The fourth-order valence-corrected chi connectivity index (χ4v) is 1.43. The minimum atomic E-state index is -0.365. The minimum Gasteiger partial charge on any atom is -0.459 e. The molecule has 4 heteroatoms. The Morgan fingerprint density at radius 2 is 2.00 bits per heavy atom. The highest BCUT2D eigenvalue weighted by Crippen LogP contribution is 2.13. The van der Waals surface area contributed by atoms with Crippen LogP contribution in [0.25, 0.3) is 0 Å². The summed E-state index contributed by atoms with van der Waals surface area (Å²) in [6.45, 7) is 6.62. The van der Waals surface area contributed by atoms with Crippen molar-refractivity contribution in [1.82, 2.24) is 5.32 Å². The lowest BCUT2D eigenvalue weighted by Crippen LogP contribution is -2.43. The highest BCUT2D eigenvalue weighted by atomic mass is 35.5. The Morgan fingerprint density at radius 3 is 2.43 bits per heavy atom. The van der Waals surface area contributed by atoms with Crippen molar-refractivity contribution in [2.75, 3.05) is 6.54 Å². The van der Waals surface area contributed by atoms with Crippen molar-refractivity contribution in [3.05, 3.63) is 0 Å². The molecule has 0 aliphatic carbocycles. The van der Waals surface area contributed by atoms with Crippen molar-refractivity contribution in [3.8, 4) is 0 Å². The number of halogens is 1. The van der Waals surface area contributed by atoms with E-state index in [9.17, 15) is 4.79 Å². The lowest BCUT2D eigenvalue weighted by atomic mass is 10.0. The molecule has 1 aliphatic rings. The Balaban J connectivity index is 0.00000169. The molecular weight excluding hydrogens is 202 g/mol. The summed E-state index contributed by atoms with van der Waals surface area (Å²) >= 11 is 0. The molecule has 84 valence electrons. The molecule has 3 nitrogen and oxygen atoms in total. The largest absolute Gasteiger partial charge is 0.459 e. The van der Waals surface area contributed by atoms with Crippen LogP contribution in [0.5, 0.6) is 0 Å². The highest BCUT2D eigenvalue weighted by molar-refractivity contribution is 5.85. The zero-order chi connectivity index (χ0) is 9.90. The first-order valence-electron chi connectivity index (χ1n) is 4.95. The molecule has 0 bridgehead atoms. The third-order valence-electron chi connectivity index (χ3n) is 2.00. The maximum absolute atomic E-state index is 11.5. The molecule has 0 radical (unpaired) electrons. The van der Waals surface area contributed by atoms with E-state index in [2.05, 4.69) is 5.32 Å². The molecule has 0 spiro atoms. The quantitative estimate of drug-likeness (QED) is 0.688. The van der Waals surface area contributed by atoms with Crippen LogP contribution in [0, 0.1) is 0 Å². The number of ether oxygens (including phenoxy) is 1. The van der Waals surface area contributed by atoms with E-state index in [1.165, 1.54) is 6.42 Å². The monoisotopic (exact) mass is 221 g/mol. The van der Waals surface area contributed by atoms with Crippen LogP contribution < -0.4 is 5.32 Å². The number of rotatable bonds is 1. The molecule has 1 aliphatic heterocycles. The van der Waals surface area contributed by atoms with Crippen molar-refractivity contribution in [2.24, 2.45) is 0 Å². The van der Waals surface area contributed by atoms with Gasteiger partial charge in [0.25, 0.3) is 0 Å². The second kappa shape index (κ2) is 5.56. The molecule has 1 N–H and O–H groups in total. The first-order valence-corrected chi connectivity index (χ1v) is 4.95. The predicted molar refractivity (Wildman–Crippen MR) is 58.7 cm³/mol. The Hall–Kier alpha value is -0.280. The highest BCUT2D eigenvalue weighted by Gasteiger charge is 2.25. The molecule has 0 aromatic carbocycles. The molecule has 1 heterocycles. The summed E-state index contributed by atoms with van der Waals surface area (Å²) in [4.78, 5) is 11.5. The van der Waals surface area contributed by atoms with E-state index in [4.69, 9.17) is 4.74 Å². The van der Waals surface area contributed by atoms with Gasteiger partial charge in [0.2, 0.25) is 0 Å². The van der Waals surface area contributed by atoms with Gasteiger partial charge >= 0.3 is 5.97 Å². The normalized spacial score (nSPS) is 22.4. The van der Waals surface area contributed by atoms with Gasteiger partial charge in [0, 0.05) is 0 Å². The van der Waals surface area contributed by atoms with Crippen molar-refractivity contribution in [1.29, 1.82) is 0 Å². The third kappa shape index (κ3) is 4.82. The first-order chi connectivity index (χ1) is 5.99. The number of carbonyl (C=O) groups excluding carboxylic acids is 1. The Morgan fingerprint density at radius 1 is 1.36 bits per heavy atom. The van der Waals surface area contributed by atoms with Crippen molar-refractivity contribution < 1.29 is 9.53 Å². The van der Waals surface area contributed by atoms with Crippen LogP contribution in [0.4, 0.5) is 0 Å². The third-order valence-corrected chi connectivity index (χ3v) is 2.00. The number of hydrogen-bond donors (Lipinski definition) is 1. The SMILES string of the molecule is CC(C)(C)OC(=O)[C@@H]1CCCCN1.Cl. The van der Waals surface area contributed by atoms with Crippen molar-refractivity contribution in [3.63, 3.8) is 0 Å². The molecule has 1 atom stereocenters. The Bertz CT molecular complexity index is 183. The molecule has 0 aromatic rings. The van der Waals surface area contributed by atoms with Crippen molar-refractivity contribution >= 4 is 18.4 Å². The van der Waals surface area contributed by atoms with Crippen LogP contribution in [0.3, 0.4) is 0 Å². The van der Waals surface area contributed by atoms with Gasteiger partial charge in [0.05, 0.1) is 0 Å². The van der Waals surface area contributed by atoms with E-state index >= 15 is 0 Å². The average Bonchev–Trinajstić information content (AvgIpc) is 2.03. The maximum Gasteiger partial charge on any atom is 0.323 e. The van der Waals surface area contributed by atoms with Gasteiger partial charge in [-0.3, -0.25) is 4.79 Å². The number of esters is 1. The van der Waals surface area contributed by atoms with Gasteiger partial charge < -0.3 is 10.1 Å². The molecule has 1 saturated heterocycles. The summed E-state index contributed by atoms with van der Waals surface area (Å²) in [5.41, 5.74) is -0.365. The second-order valence-corrected chi connectivity index (χ2v) is 4.54. The molecule has 14 heavy (non-hydrogen) atoms. The number of carbonyl (C=O) groups is 1. The number of hydrogen-bond acceptors (Lipinski definition) is 3. The summed E-state index contributed by atoms with van der Waals surface area (Å²) in [6, 6.07) is -0.0759. The van der Waals surface area contributed by atoms with Crippen LogP contribution >= 0.6 is 12.4 Å². The zero-order valence-corrected chi connectivity index (χ0v) is 9.95. The van der Waals surface area contributed by atoms with Gasteiger partial charge in [-0.25, -0.2) is 0 Å². The number of piperidine rings is 1. The van der Waals surface area contributed by atoms with Crippen molar-refractivity contribution in [2.45, 2.75) is 51.7 Å². The van der Waals surface area contributed by atoms with Gasteiger partial charge in [-0.2, -0.15) is 0 Å². The molecular formula is C10H20ClNO2. The van der Waals surface area contributed by atoms with Crippen LogP contribution in [-0.4, -0.2) is 24.2 Å². The molecule has 0 aromatic heterocycles. The van der Waals surface area contributed by atoms with E-state index in [1.54, 1.807) is 0 Å². The van der Waals surface area contributed by atoms with Gasteiger partial charge in [-0.05, 0) is 40.2 Å². The Kier molecular flexibility index (Phi) is 5.45. The van der Waals surface area contributed by atoms with Crippen LogP contribution in [0.15, 0.2) is 0 Å². The smallest absolute Gasteiger partial charge is 0.323 e. The van der Waals surface area contributed by atoms with Gasteiger partial charge in [0.15, 0.2) is 0 Å². The van der Waals surface area contributed by atoms with E-state index < -0.39 is 0 Å². The zero-order valence-electron chi connectivity index (χ0n) is 9.13. The van der Waals surface area contributed by atoms with Crippen LogP contribution in [0.1, 0.15) is 40.0 Å². The maximum atomic E-state index is 11.5. The fraction of sp³-hybridized carbons (Fsp3) is 0.900. The lowest BCUT2D eigenvalue weighted by Gasteiger charge is -2.26. The summed E-state index contributed by atoms with van der Waals surface area (Å²) in [7, 11) is 0. The second-order valence-electron chi connectivity index (χ2n) is 4.54. The fourth-order valence-electron chi connectivity index (χ4n) is 1.43. The molecule has 0 amide bonds. The minimum absolute atomic E-state index is 0. The van der Waals surface area contributed by atoms with E-state index in [1.807, 2.05) is 20.8 Å². The Labute approximate surface area is 92.0 Å². The van der Waals surface area contributed by atoms with Crippen LogP contribution in [0.2, 0.25) is 0 Å². The summed E-state index contributed by atoms with van der Waals surface area (Å²) < 4.78 is 5.28. The molecule has 0 unspecified atom stereocenters. The summed E-state index contributed by atoms with van der Waals surface area (Å²) in [5.74, 6) is -0.104. The summed E-state index contributed by atoms with van der Waals surface area (Å²) in [6.07, 6.45) is 3.20. The first kappa shape index (κ1) is 13.7. The van der Waals surface area contributed by atoms with Gasteiger partial charge in [0.1, 0.15) is 11.6 Å². The van der Waals surface area contributed by atoms with Gasteiger partial charge in [-0.15, -0.1) is 12.4 Å². The molecule has 1 rings (SSSR count). The predicted octanol–water partition coefficient (Wildman–Crippen LogP) is 1.89. The molecule has 1 fully saturated rings. The number of nitrogens with one attached hydrogen (secondary N) is 1. The van der Waals surface area contributed by atoms with E-state index in [0.29, 0.717) is 0 Å². The van der Waals surface area contributed by atoms with Gasteiger partial charge in [-0.1, -0.05) is 6.42 Å². The average molecular weight is 222 g/mol. The topological polar surface area (TPSA) is 38.3 Å². The standard InChI is InChI=1S/C10H19NO2.ClH/c1-10(2,3)13-9(12)8-6-4-5-7-11-8;/h8,11H,4-7H2,1-3H3;1H/t8-;/m0./s1. The van der Waals surface area contributed by atoms with E-state index in [-0.39, 0.29) is 30.0 Å². The van der Waals surface area contributed by atoms with E-state index in [0.717, 1.165) is 19.4 Å². The summed E-state index contributed by atoms with van der Waals surface area (Å²) in [5, 5.41) is 3.17. The molecule has 0 saturated carbocycles. The lowest BCUT2D eigenvalue weighted by molar-refractivity contribution is -0.158. The van der Waals surface area contributed by atoms with Crippen LogP contribution in [-0.2, 0) is 9.53 Å².